The molecule has 112 valence electrons. The van der Waals surface area contributed by atoms with Crippen LogP contribution in [0.1, 0.15) is 25.0 Å². The maximum Gasteiger partial charge on any atom is 0.165 e. The molecule has 4 heteroatoms. The SMILES string of the molecule is Cc1ccc(F)c(Oc2ccc(CNC(C)C)cc2Br)c1. The largest absolute Gasteiger partial charge is 0.453 e. The Morgan fingerprint density at radius 3 is 2.57 bits per heavy atom. The van der Waals surface area contributed by atoms with E-state index < -0.39 is 0 Å². The normalized spacial score (nSPS) is 11.0. The Hall–Kier alpha value is -1.39. The minimum absolute atomic E-state index is 0.240. The lowest BCUT2D eigenvalue weighted by Crippen LogP contribution is -2.21. The van der Waals surface area contributed by atoms with Gasteiger partial charge in [-0.15, -0.1) is 0 Å². The zero-order valence-corrected chi connectivity index (χ0v) is 14.0. The first-order chi connectivity index (χ1) is 9.95. The first-order valence-corrected chi connectivity index (χ1v) is 7.71. The summed E-state index contributed by atoms with van der Waals surface area (Å²) in [5.74, 6) is 0.481. The van der Waals surface area contributed by atoms with Crippen molar-refractivity contribution in [3.63, 3.8) is 0 Å². The van der Waals surface area contributed by atoms with E-state index in [0.717, 1.165) is 22.1 Å². The lowest BCUT2D eigenvalue weighted by atomic mass is 10.2. The topological polar surface area (TPSA) is 21.3 Å². The van der Waals surface area contributed by atoms with Gasteiger partial charge in [-0.05, 0) is 58.2 Å². The van der Waals surface area contributed by atoms with Gasteiger partial charge in [0.2, 0.25) is 0 Å². The first kappa shape index (κ1) is 16.0. The summed E-state index contributed by atoms with van der Waals surface area (Å²) in [5.41, 5.74) is 2.10. The molecule has 0 aromatic heterocycles. The fourth-order valence-corrected chi connectivity index (χ4v) is 2.37. The molecule has 0 aliphatic carbocycles. The molecular formula is C17H19BrFNO. The van der Waals surface area contributed by atoms with Gasteiger partial charge in [-0.25, -0.2) is 4.39 Å². The number of halogens is 2. The van der Waals surface area contributed by atoms with Crippen LogP contribution >= 0.6 is 15.9 Å². The predicted octanol–water partition coefficient (Wildman–Crippen LogP) is 5.19. The predicted molar refractivity (Wildman–Crippen MR) is 87.3 cm³/mol. The van der Waals surface area contributed by atoms with Gasteiger partial charge in [-0.2, -0.15) is 0 Å². The molecule has 2 rings (SSSR count). The molecule has 0 heterocycles. The lowest BCUT2D eigenvalue weighted by molar-refractivity contribution is 0.439. The van der Waals surface area contributed by atoms with Gasteiger partial charge in [-0.3, -0.25) is 0 Å². The van der Waals surface area contributed by atoms with Crippen LogP contribution in [-0.4, -0.2) is 6.04 Å². The van der Waals surface area contributed by atoms with Gasteiger partial charge < -0.3 is 10.1 Å². The number of hydrogen-bond acceptors (Lipinski definition) is 2. The second-order valence-corrected chi connectivity index (χ2v) is 6.19. The van der Waals surface area contributed by atoms with Crippen LogP contribution in [0, 0.1) is 12.7 Å². The second-order valence-electron chi connectivity index (χ2n) is 5.34. The zero-order chi connectivity index (χ0) is 15.4. The van der Waals surface area contributed by atoms with Gasteiger partial charge in [0.15, 0.2) is 11.6 Å². The van der Waals surface area contributed by atoms with E-state index in [9.17, 15) is 4.39 Å². The summed E-state index contributed by atoms with van der Waals surface area (Å²) in [7, 11) is 0. The van der Waals surface area contributed by atoms with Crippen LogP contribution in [0.3, 0.4) is 0 Å². The molecule has 1 N–H and O–H groups in total. The van der Waals surface area contributed by atoms with Gasteiger partial charge in [0.05, 0.1) is 4.47 Å². The molecule has 2 nitrogen and oxygen atoms in total. The Morgan fingerprint density at radius 1 is 1.14 bits per heavy atom. The first-order valence-electron chi connectivity index (χ1n) is 6.91. The van der Waals surface area contributed by atoms with E-state index in [-0.39, 0.29) is 11.6 Å². The monoisotopic (exact) mass is 351 g/mol. The van der Waals surface area contributed by atoms with Crippen LogP contribution in [-0.2, 0) is 6.54 Å². The van der Waals surface area contributed by atoms with Crippen molar-refractivity contribution in [3.05, 3.63) is 57.8 Å². The van der Waals surface area contributed by atoms with Gasteiger partial charge in [-0.1, -0.05) is 26.0 Å². The van der Waals surface area contributed by atoms with Crippen molar-refractivity contribution >= 4 is 15.9 Å². The fraction of sp³-hybridized carbons (Fsp3) is 0.294. The van der Waals surface area contributed by atoms with Crippen LogP contribution in [0.5, 0.6) is 11.5 Å². The molecule has 0 saturated carbocycles. The van der Waals surface area contributed by atoms with E-state index >= 15 is 0 Å². The summed E-state index contributed by atoms with van der Waals surface area (Å²) in [4.78, 5) is 0. The summed E-state index contributed by atoms with van der Waals surface area (Å²) in [5, 5.41) is 3.35. The Labute approximate surface area is 133 Å². The Morgan fingerprint density at radius 2 is 1.90 bits per heavy atom. The maximum absolute atomic E-state index is 13.7. The molecule has 0 atom stereocenters. The summed E-state index contributed by atoms with van der Waals surface area (Å²) in [6, 6.07) is 11.1. The molecule has 2 aromatic rings. The average molecular weight is 352 g/mol. The van der Waals surface area contributed by atoms with Crippen LogP contribution in [0.25, 0.3) is 0 Å². The lowest BCUT2D eigenvalue weighted by Gasteiger charge is -2.12. The van der Waals surface area contributed by atoms with E-state index in [1.165, 1.54) is 6.07 Å². The van der Waals surface area contributed by atoms with Gasteiger partial charge in [0.1, 0.15) is 5.75 Å². The van der Waals surface area contributed by atoms with Crippen molar-refractivity contribution in [1.82, 2.24) is 5.32 Å². The molecular weight excluding hydrogens is 333 g/mol. The quantitative estimate of drug-likeness (QED) is 0.800. The third-order valence-electron chi connectivity index (χ3n) is 3.02. The fourth-order valence-electron chi connectivity index (χ4n) is 1.87. The number of hydrogen-bond donors (Lipinski definition) is 1. The van der Waals surface area contributed by atoms with Crippen molar-refractivity contribution in [1.29, 1.82) is 0 Å². The summed E-state index contributed by atoms with van der Waals surface area (Å²) < 4.78 is 20.2. The van der Waals surface area contributed by atoms with E-state index in [1.807, 2.05) is 25.1 Å². The maximum atomic E-state index is 13.7. The summed E-state index contributed by atoms with van der Waals surface area (Å²) >= 11 is 3.48. The van der Waals surface area contributed by atoms with Crippen LogP contribution in [0.4, 0.5) is 4.39 Å². The highest BCUT2D eigenvalue weighted by atomic mass is 79.9. The molecule has 2 aromatic carbocycles. The summed E-state index contributed by atoms with van der Waals surface area (Å²) in [6.07, 6.45) is 0. The Kier molecular flexibility index (Phi) is 5.37. The van der Waals surface area contributed by atoms with Crippen molar-refractivity contribution in [2.75, 3.05) is 0 Å². The molecule has 0 aliphatic rings. The number of rotatable bonds is 5. The van der Waals surface area contributed by atoms with Crippen molar-refractivity contribution in [3.8, 4) is 11.5 Å². The third-order valence-corrected chi connectivity index (χ3v) is 3.64. The van der Waals surface area contributed by atoms with Crippen LogP contribution < -0.4 is 10.1 Å². The Bertz CT molecular complexity index is 628. The molecule has 0 radical (unpaired) electrons. The van der Waals surface area contributed by atoms with Crippen molar-refractivity contribution in [2.45, 2.75) is 33.4 Å². The smallest absolute Gasteiger partial charge is 0.165 e. The minimum Gasteiger partial charge on any atom is -0.453 e. The molecule has 0 bridgehead atoms. The number of benzene rings is 2. The van der Waals surface area contributed by atoms with E-state index in [4.69, 9.17) is 4.74 Å². The van der Waals surface area contributed by atoms with Crippen LogP contribution in [0.2, 0.25) is 0 Å². The van der Waals surface area contributed by atoms with E-state index in [2.05, 4.69) is 35.1 Å². The molecule has 0 saturated heterocycles. The minimum atomic E-state index is -0.363. The van der Waals surface area contributed by atoms with E-state index in [0.29, 0.717) is 11.8 Å². The highest BCUT2D eigenvalue weighted by Gasteiger charge is 2.08. The second kappa shape index (κ2) is 7.05. The van der Waals surface area contributed by atoms with Crippen molar-refractivity contribution < 1.29 is 9.13 Å². The zero-order valence-electron chi connectivity index (χ0n) is 12.4. The molecule has 0 fully saturated rings. The van der Waals surface area contributed by atoms with E-state index in [1.54, 1.807) is 12.1 Å². The van der Waals surface area contributed by atoms with Gasteiger partial charge in [0, 0.05) is 12.6 Å². The standard InChI is InChI=1S/C17H19BrFNO/c1-11(2)20-10-13-5-7-16(14(18)9-13)21-17-8-12(3)4-6-15(17)19/h4-9,11,20H,10H2,1-3H3. The molecule has 0 amide bonds. The molecule has 0 unspecified atom stereocenters. The number of nitrogens with one attached hydrogen (secondary N) is 1. The van der Waals surface area contributed by atoms with Crippen molar-refractivity contribution in [2.24, 2.45) is 0 Å². The molecule has 0 aliphatic heterocycles. The number of ether oxygens (including phenoxy) is 1. The summed E-state index contributed by atoms with van der Waals surface area (Å²) in [6.45, 7) is 6.90. The van der Waals surface area contributed by atoms with Gasteiger partial charge in [0.25, 0.3) is 0 Å². The molecule has 0 spiro atoms. The highest BCUT2D eigenvalue weighted by Crippen LogP contribution is 2.32. The molecule has 21 heavy (non-hydrogen) atoms. The average Bonchev–Trinajstić information content (AvgIpc) is 2.43. The van der Waals surface area contributed by atoms with Crippen LogP contribution in [0.15, 0.2) is 40.9 Å². The highest BCUT2D eigenvalue weighted by molar-refractivity contribution is 9.10. The number of aryl methyl sites for hydroxylation is 1. The van der Waals surface area contributed by atoms with Gasteiger partial charge >= 0.3 is 0 Å². The third kappa shape index (κ3) is 4.55. The Balaban J connectivity index is 2.15.